The van der Waals surface area contributed by atoms with Crippen molar-refractivity contribution in [2.75, 3.05) is 0 Å². The van der Waals surface area contributed by atoms with Crippen molar-refractivity contribution in [3.8, 4) is 0 Å². The topological polar surface area (TPSA) is 34.1 Å². The first-order valence-electron chi connectivity index (χ1n) is 0.333. The summed E-state index contributed by atoms with van der Waals surface area (Å²) in [5, 5.41) is 0. The molecule has 0 heterocycles. The van der Waals surface area contributed by atoms with Gasteiger partial charge >= 0.3 is 25.3 Å². The third kappa shape index (κ3) is 14.1. The minimum absolute atomic E-state index is 0. The van der Waals surface area contributed by atoms with E-state index in [0.717, 1.165) is 0 Å². The molecule has 0 aliphatic heterocycles. The normalized spacial score (nSPS) is 3.00. The van der Waals surface area contributed by atoms with E-state index in [1.807, 2.05) is 0 Å². The van der Waals surface area contributed by atoms with Gasteiger partial charge in [0.05, 0.1) is 0 Å². The van der Waals surface area contributed by atoms with E-state index in [1.54, 1.807) is 0 Å². The van der Waals surface area contributed by atoms with Crippen LogP contribution in [0.4, 0.5) is 0 Å². The summed E-state index contributed by atoms with van der Waals surface area (Å²) in [6.07, 6.45) is 0. The van der Waals surface area contributed by atoms with Crippen molar-refractivity contribution >= 4 is 0 Å². The maximum atomic E-state index is 8.50. The van der Waals surface area contributed by atoms with Gasteiger partial charge in [-0.25, -0.2) is 0 Å². The van der Waals surface area contributed by atoms with E-state index in [4.69, 9.17) is 6.80 Å². The molecule has 0 aromatic rings. The molecule has 0 saturated carbocycles. The van der Waals surface area contributed by atoms with Gasteiger partial charge in [0.15, 0.2) is 0 Å². The number of hydrogen-bond acceptors (Lipinski definition) is 2. The maximum absolute atomic E-state index is 8.50. The van der Waals surface area contributed by atoms with Crippen LogP contribution < -0.4 is 0 Å². The Balaban J connectivity index is 0. The van der Waals surface area contributed by atoms with Gasteiger partial charge < -0.3 is 0 Å². The molecule has 1 radical (unpaired) electrons. The molecule has 0 saturated heterocycles. The number of rotatable bonds is 0. The van der Waals surface area contributed by atoms with Crippen LogP contribution >= 0.6 is 0 Å². The van der Waals surface area contributed by atoms with E-state index in [0.29, 0.717) is 0 Å². The molecule has 0 atom stereocenters. The second-order valence-corrected chi connectivity index (χ2v) is 0.403. The summed E-state index contributed by atoms with van der Waals surface area (Å²) in [5.74, 6) is 0. The van der Waals surface area contributed by atoms with Crippen molar-refractivity contribution in [1.29, 1.82) is 0 Å². The summed E-state index contributed by atoms with van der Waals surface area (Å²) >= 11 is -2.03. The molecular weight excluding hydrogens is 191 g/mol. The first kappa shape index (κ1) is 8.84. The summed E-state index contributed by atoms with van der Waals surface area (Å²) in [6.45, 7) is 0. The Morgan fingerprint density at radius 3 is 1.25 bits per heavy atom. The predicted molar refractivity (Wildman–Crippen MR) is 1.37 cm³/mol. The second kappa shape index (κ2) is 9.19. The molecule has 2 nitrogen and oxygen atoms in total. The molecule has 0 aromatic carbocycles. The quantitative estimate of drug-likeness (QED) is 0.495. The summed E-state index contributed by atoms with van der Waals surface area (Å²) < 4.78 is 17.0. The average Bonchev–Trinajstić information content (AvgIpc) is 0.918. The first-order valence-corrected chi connectivity index (χ1v) is 1.97. The molecule has 0 aromatic heterocycles. The van der Waals surface area contributed by atoms with Crippen LogP contribution in [-0.2, 0) is 42.4 Å². The fourth-order valence-electron chi connectivity index (χ4n) is 0. The molecule has 0 aliphatic carbocycles. The van der Waals surface area contributed by atoms with Crippen molar-refractivity contribution < 1.29 is 42.4 Å². The Morgan fingerprint density at radius 1 is 1.25 bits per heavy atom. The van der Waals surface area contributed by atoms with Crippen LogP contribution in [0.1, 0.15) is 0 Å². The molecule has 4 heteroatoms. The fourth-order valence-corrected chi connectivity index (χ4v) is 0. The van der Waals surface area contributed by atoms with Crippen molar-refractivity contribution in [2.45, 2.75) is 0 Å². The summed E-state index contributed by atoms with van der Waals surface area (Å²) in [4.78, 5) is 0. The predicted octanol–water partition coefficient (Wildman–Crippen LogP) is -0.243. The Bertz CT molecular complexity index is 27.0. The van der Waals surface area contributed by atoms with Crippen molar-refractivity contribution in [2.24, 2.45) is 0 Å². The zero-order chi connectivity index (χ0) is 2.71. The molecule has 29 valence electrons. The van der Waals surface area contributed by atoms with Gasteiger partial charge in [0, 0.05) is 17.1 Å². The Labute approximate surface area is 42.6 Å². The van der Waals surface area contributed by atoms with Crippen LogP contribution in [0.3, 0.4) is 0 Å². The van der Waals surface area contributed by atoms with Crippen LogP contribution in [0.15, 0.2) is 0 Å². The van der Waals surface area contributed by atoms with Crippen LogP contribution in [0.5, 0.6) is 0 Å². The van der Waals surface area contributed by atoms with Gasteiger partial charge in [0.2, 0.25) is 0 Å². The van der Waals surface area contributed by atoms with Crippen LogP contribution in [0.2, 0.25) is 0 Å². The molecule has 0 bridgehead atoms. The molecule has 0 aliphatic rings. The zero-order valence-electron chi connectivity index (χ0n) is 1.53. The third-order valence-corrected chi connectivity index (χ3v) is 0. The Kier molecular flexibility index (Phi) is 20.3. The zero-order valence-corrected chi connectivity index (χ0v) is 4.47. The average molecular weight is 191 g/mol. The summed E-state index contributed by atoms with van der Waals surface area (Å²) in [6, 6.07) is 0. The molecule has 4 heavy (non-hydrogen) atoms. The molecule has 0 N–H and O–H groups in total. The van der Waals surface area contributed by atoms with E-state index in [9.17, 15) is 0 Å². The Morgan fingerprint density at radius 2 is 1.25 bits per heavy atom. The van der Waals surface area contributed by atoms with E-state index >= 15 is 0 Å². The van der Waals surface area contributed by atoms with Crippen molar-refractivity contribution in [1.82, 2.24) is 0 Å². The third-order valence-electron chi connectivity index (χ3n) is 0. The number of hydrogen-bond donors (Lipinski definition) is 0. The Hall–Kier alpha value is 0.808. The van der Waals surface area contributed by atoms with Crippen LogP contribution in [-0.4, -0.2) is 0 Å². The second-order valence-electron chi connectivity index (χ2n) is 0.0680. The van der Waals surface area contributed by atoms with Crippen molar-refractivity contribution in [3.05, 3.63) is 0 Å². The molecule has 0 fully saturated rings. The van der Waals surface area contributed by atoms with Gasteiger partial charge in [-0.1, -0.05) is 0 Å². The molecule has 0 spiro atoms. The van der Waals surface area contributed by atoms with E-state index < -0.39 is 18.5 Å². The minimum atomic E-state index is -2.03. The molecule has 0 unspecified atom stereocenters. The summed E-state index contributed by atoms with van der Waals surface area (Å²) in [7, 11) is 0. The van der Waals surface area contributed by atoms with Gasteiger partial charge in [0.25, 0.3) is 0 Å². The standard InChI is InChI=1S/Cu.Mo.2O. The molecule has 0 rings (SSSR count). The van der Waals surface area contributed by atoms with Crippen molar-refractivity contribution in [3.63, 3.8) is 0 Å². The van der Waals surface area contributed by atoms with Gasteiger partial charge in [-0.15, -0.1) is 0 Å². The van der Waals surface area contributed by atoms with Gasteiger partial charge in [-0.05, 0) is 0 Å². The van der Waals surface area contributed by atoms with Gasteiger partial charge in [0.1, 0.15) is 0 Å². The van der Waals surface area contributed by atoms with Gasteiger partial charge in [-0.3, -0.25) is 0 Å². The van der Waals surface area contributed by atoms with E-state index in [2.05, 4.69) is 0 Å². The van der Waals surface area contributed by atoms with E-state index in [-0.39, 0.29) is 17.1 Å². The first-order chi connectivity index (χ1) is 1.41. The van der Waals surface area contributed by atoms with Gasteiger partial charge in [-0.2, -0.15) is 0 Å². The summed E-state index contributed by atoms with van der Waals surface area (Å²) in [5.41, 5.74) is 0. The van der Waals surface area contributed by atoms with Crippen LogP contribution in [0, 0.1) is 0 Å². The molecule has 0 amide bonds. The fraction of sp³-hybridized carbons (Fsp3) is 0. The van der Waals surface area contributed by atoms with Crippen LogP contribution in [0.25, 0.3) is 0 Å². The van der Waals surface area contributed by atoms with E-state index in [1.165, 1.54) is 0 Å². The monoisotopic (exact) mass is 193 g/mol. The molecular formula is CuMoO2. The SMILES string of the molecule is [Cu].[O]=[Mo]=[O].